The van der Waals surface area contributed by atoms with Crippen LogP contribution in [0.4, 0.5) is 5.13 Å². The summed E-state index contributed by atoms with van der Waals surface area (Å²) in [4.78, 5) is 21.6. The molecule has 1 aliphatic rings. The van der Waals surface area contributed by atoms with Crippen LogP contribution in [0.25, 0.3) is 10.2 Å². The highest BCUT2D eigenvalue weighted by Crippen LogP contribution is 2.31. The van der Waals surface area contributed by atoms with Gasteiger partial charge in [0.05, 0.1) is 10.2 Å². The molecule has 0 radical (unpaired) electrons. The first kappa shape index (κ1) is 17.3. The molecule has 2 heterocycles. The van der Waals surface area contributed by atoms with Crippen LogP contribution in [0.3, 0.4) is 0 Å². The van der Waals surface area contributed by atoms with Crippen molar-refractivity contribution in [3.05, 3.63) is 58.1 Å². The third-order valence-corrected chi connectivity index (χ3v) is 6.25. The Morgan fingerprint density at radius 2 is 1.69 bits per heavy atom. The molecule has 4 rings (SSSR count). The van der Waals surface area contributed by atoms with Gasteiger partial charge in [0.2, 0.25) is 0 Å². The second-order valence-corrected chi connectivity index (χ2v) is 8.13. The van der Waals surface area contributed by atoms with Gasteiger partial charge in [0.25, 0.3) is 5.91 Å². The molecule has 1 saturated heterocycles. The van der Waals surface area contributed by atoms with E-state index in [1.807, 2.05) is 4.90 Å². The number of hydrogen-bond donors (Lipinski definition) is 0. The lowest BCUT2D eigenvalue weighted by molar-refractivity contribution is 0.0747. The van der Waals surface area contributed by atoms with E-state index >= 15 is 0 Å². The normalized spacial score (nSPS) is 14.9. The molecule has 2 aromatic carbocycles. The fourth-order valence-electron chi connectivity index (χ4n) is 3.18. The summed E-state index contributed by atoms with van der Waals surface area (Å²) >= 11 is 7.64. The number of anilines is 1. The molecule has 4 nitrogen and oxygen atoms in total. The number of piperazine rings is 1. The maximum Gasteiger partial charge on any atom is 0.253 e. The summed E-state index contributed by atoms with van der Waals surface area (Å²) in [6.07, 6.45) is 0. The van der Waals surface area contributed by atoms with E-state index in [-0.39, 0.29) is 5.91 Å². The molecule has 26 heavy (non-hydrogen) atoms. The molecular formula is C20H20ClN3OS. The average molecular weight is 386 g/mol. The van der Waals surface area contributed by atoms with Gasteiger partial charge < -0.3 is 9.80 Å². The summed E-state index contributed by atoms with van der Waals surface area (Å²) in [6, 6.07) is 11.5. The molecule has 0 N–H and O–H groups in total. The van der Waals surface area contributed by atoms with Crippen LogP contribution in [0.5, 0.6) is 0 Å². The zero-order valence-corrected chi connectivity index (χ0v) is 16.4. The van der Waals surface area contributed by atoms with E-state index < -0.39 is 0 Å². The Hall–Kier alpha value is -2.11. The highest BCUT2D eigenvalue weighted by Gasteiger charge is 2.24. The molecule has 6 heteroatoms. The van der Waals surface area contributed by atoms with Crippen molar-refractivity contribution in [2.24, 2.45) is 0 Å². The summed E-state index contributed by atoms with van der Waals surface area (Å²) in [5.74, 6) is 0.0665. The van der Waals surface area contributed by atoms with Gasteiger partial charge in [0.15, 0.2) is 5.13 Å². The number of aryl methyl sites for hydroxylation is 2. The predicted octanol–water partition coefficient (Wildman–Crippen LogP) is 4.53. The van der Waals surface area contributed by atoms with E-state index in [1.54, 1.807) is 35.6 Å². The number of carbonyl (C=O) groups is 1. The highest BCUT2D eigenvalue weighted by molar-refractivity contribution is 7.22. The van der Waals surface area contributed by atoms with Gasteiger partial charge in [-0.1, -0.05) is 22.9 Å². The molecule has 0 unspecified atom stereocenters. The first-order valence-electron chi connectivity index (χ1n) is 8.69. The lowest BCUT2D eigenvalue weighted by Gasteiger charge is -2.34. The number of benzene rings is 2. The lowest BCUT2D eigenvalue weighted by Crippen LogP contribution is -2.48. The number of nitrogens with zero attached hydrogens (tertiary/aromatic N) is 3. The van der Waals surface area contributed by atoms with Crippen molar-refractivity contribution in [2.75, 3.05) is 31.1 Å². The van der Waals surface area contributed by atoms with Crippen molar-refractivity contribution < 1.29 is 4.79 Å². The van der Waals surface area contributed by atoms with Crippen molar-refractivity contribution >= 4 is 44.2 Å². The SMILES string of the molecule is Cc1cc2nc(N3CCN(C(=O)c4ccc(Cl)cc4)CC3)sc2cc1C. The van der Waals surface area contributed by atoms with Crippen LogP contribution in [0, 0.1) is 13.8 Å². The predicted molar refractivity (Wildman–Crippen MR) is 109 cm³/mol. The maximum absolute atomic E-state index is 12.6. The van der Waals surface area contributed by atoms with E-state index in [9.17, 15) is 4.79 Å². The number of thiazole rings is 1. The molecule has 3 aromatic rings. The van der Waals surface area contributed by atoms with Crippen molar-refractivity contribution in [2.45, 2.75) is 13.8 Å². The van der Waals surface area contributed by atoms with E-state index in [2.05, 4.69) is 30.9 Å². The van der Waals surface area contributed by atoms with Crippen LogP contribution in [0.2, 0.25) is 5.02 Å². The minimum absolute atomic E-state index is 0.0665. The maximum atomic E-state index is 12.6. The van der Waals surface area contributed by atoms with Crippen molar-refractivity contribution in [3.63, 3.8) is 0 Å². The Morgan fingerprint density at radius 3 is 2.38 bits per heavy atom. The van der Waals surface area contributed by atoms with E-state index in [4.69, 9.17) is 16.6 Å². The van der Waals surface area contributed by atoms with Crippen LogP contribution >= 0.6 is 22.9 Å². The minimum atomic E-state index is 0.0665. The van der Waals surface area contributed by atoms with Gasteiger partial charge in [0, 0.05) is 36.8 Å². The van der Waals surface area contributed by atoms with E-state index in [0.717, 1.165) is 23.7 Å². The molecule has 134 valence electrons. The van der Waals surface area contributed by atoms with E-state index in [1.165, 1.54) is 15.8 Å². The second kappa shape index (κ2) is 6.89. The number of fused-ring (bicyclic) bond motifs is 1. The molecule has 0 saturated carbocycles. The zero-order chi connectivity index (χ0) is 18.3. The Bertz CT molecular complexity index is 920. The van der Waals surface area contributed by atoms with Gasteiger partial charge >= 0.3 is 0 Å². The summed E-state index contributed by atoms with van der Waals surface area (Å²) in [7, 11) is 0. The third kappa shape index (κ3) is 3.29. The monoisotopic (exact) mass is 385 g/mol. The molecule has 0 atom stereocenters. The Labute approximate surface area is 162 Å². The molecule has 1 fully saturated rings. The Morgan fingerprint density at radius 1 is 1.04 bits per heavy atom. The molecule has 1 aliphatic heterocycles. The number of aromatic nitrogens is 1. The number of amides is 1. The first-order chi connectivity index (χ1) is 12.5. The molecular weight excluding hydrogens is 366 g/mol. The van der Waals surface area contributed by atoms with Crippen LogP contribution in [0.1, 0.15) is 21.5 Å². The number of rotatable bonds is 2. The Kier molecular flexibility index (Phi) is 4.59. The molecule has 0 spiro atoms. The summed E-state index contributed by atoms with van der Waals surface area (Å²) in [5, 5.41) is 1.69. The van der Waals surface area contributed by atoms with Gasteiger partial charge in [-0.15, -0.1) is 0 Å². The van der Waals surface area contributed by atoms with Gasteiger partial charge in [-0.05, 0) is 61.4 Å². The average Bonchev–Trinajstić information content (AvgIpc) is 3.05. The fourth-order valence-corrected chi connectivity index (χ4v) is 4.40. The van der Waals surface area contributed by atoms with Crippen LogP contribution < -0.4 is 4.90 Å². The van der Waals surface area contributed by atoms with Crippen LogP contribution in [0.15, 0.2) is 36.4 Å². The second-order valence-electron chi connectivity index (χ2n) is 6.69. The van der Waals surface area contributed by atoms with Crippen molar-refractivity contribution in [3.8, 4) is 0 Å². The number of carbonyl (C=O) groups excluding carboxylic acids is 1. The summed E-state index contributed by atoms with van der Waals surface area (Å²) in [5.41, 5.74) is 4.32. The fraction of sp³-hybridized carbons (Fsp3) is 0.300. The topological polar surface area (TPSA) is 36.4 Å². The standard InChI is InChI=1S/C20H20ClN3OS/c1-13-11-17-18(12-14(13)2)26-20(22-17)24-9-7-23(8-10-24)19(25)15-3-5-16(21)6-4-15/h3-6,11-12H,7-10H2,1-2H3. The number of hydrogen-bond acceptors (Lipinski definition) is 4. The summed E-state index contributed by atoms with van der Waals surface area (Å²) < 4.78 is 1.22. The van der Waals surface area contributed by atoms with Crippen LogP contribution in [-0.4, -0.2) is 42.0 Å². The number of halogens is 1. The Balaban J connectivity index is 1.46. The summed E-state index contributed by atoms with van der Waals surface area (Å²) in [6.45, 7) is 7.27. The van der Waals surface area contributed by atoms with Gasteiger partial charge in [-0.25, -0.2) is 4.98 Å². The van der Waals surface area contributed by atoms with Gasteiger partial charge in [0.1, 0.15) is 0 Å². The van der Waals surface area contributed by atoms with Gasteiger partial charge in [-0.2, -0.15) is 0 Å². The molecule has 1 amide bonds. The lowest BCUT2D eigenvalue weighted by atomic mass is 10.1. The highest BCUT2D eigenvalue weighted by atomic mass is 35.5. The molecule has 0 bridgehead atoms. The van der Waals surface area contributed by atoms with Crippen molar-refractivity contribution in [1.29, 1.82) is 0 Å². The quantitative estimate of drug-likeness (QED) is 0.650. The van der Waals surface area contributed by atoms with E-state index in [0.29, 0.717) is 23.7 Å². The molecule has 1 aromatic heterocycles. The van der Waals surface area contributed by atoms with Crippen LogP contribution in [-0.2, 0) is 0 Å². The van der Waals surface area contributed by atoms with Gasteiger partial charge in [-0.3, -0.25) is 4.79 Å². The molecule has 0 aliphatic carbocycles. The zero-order valence-electron chi connectivity index (χ0n) is 14.8. The van der Waals surface area contributed by atoms with Crippen molar-refractivity contribution in [1.82, 2.24) is 9.88 Å². The smallest absolute Gasteiger partial charge is 0.253 e. The third-order valence-electron chi connectivity index (χ3n) is 4.92. The first-order valence-corrected chi connectivity index (χ1v) is 9.88. The largest absolute Gasteiger partial charge is 0.345 e. The minimum Gasteiger partial charge on any atom is -0.345 e.